The van der Waals surface area contributed by atoms with Gasteiger partial charge < -0.3 is 9.84 Å². The van der Waals surface area contributed by atoms with Gasteiger partial charge in [0.05, 0.1) is 11.6 Å². The summed E-state index contributed by atoms with van der Waals surface area (Å²) in [6.07, 6.45) is 0. The molecule has 1 aliphatic rings. The minimum absolute atomic E-state index is 0.141. The molecule has 27 heavy (non-hydrogen) atoms. The molecule has 1 aliphatic carbocycles. The first-order valence-electron chi connectivity index (χ1n) is 7.21. The van der Waals surface area contributed by atoms with Crippen LogP contribution in [0.1, 0.15) is 22.3 Å². The van der Waals surface area contributed by atoms with Crippen LogP contribution in [0.3, 0.4) is 0 Å². The van der Waals surface area contributed by atoms with Crippen molar-refractivity contribution in [2.75, 3.05) is 0 Å². The van der Waals surface area contributed by atoms with E-state index < -0.39 is 45.6 Å². The first-order chi connectivity index (χ1) is 12.5. The van der Waals surface area contributed by atoms with E-state index in [2.05, 4.69) is 0 Å². The molecule has 0 spiro atoms. The van der Waals surface area contributed by atoms with E-state index >= 15 is 0 Å². The molecule has 0 saturated carbocycles. The molecule has 0 heterocycles. The lowest BCUT2D eigenvalue weighted by molar-refractivity contribution is -0.260. The lowest BCUT2D eigenvalue weighted by Gasteiger charge is -2.29. The monoisotopic (exact) mass is 376 g/mol. The largest absolute Gasteiger partial charge is 0.456 e. The third-order valence-corrected chi connectivity index (χ3v) is 4.10. The highest BCUT2D eigenvalue weighted by Crippen LogP contribution is 2.60. The zero-order valence-corrected chi connectivity index (χ0v) is 13.1. The first kappa shape index (κ1) is 18.7. The summed E-state index contributed by atoms with van der Waals surface area (Å²) >= 11 is 0. The van der Waals surface area contributed by atoms with Gasteiger partial charge in [0.1, 0.15) is 42.3 Å². The third-order valence-electron chi connectivity index (χ3n) is 4.10. The number of nitrogens with zero attached hydrogens (tertiary/aromatic N) is 2. The van der Waals surface area contributed by atoms with Gasteiger partial charge in [0.2, 0.25) is 0 Å². The lowest BCUT2D eigenvalue weighted by atomic mass is 9.73. The second-order valence-electron chi connectivity index (χ2n) is 5.78. The van der Waals surface area contributed by atoms with E-state index in [9.17, 15) is 32.3 Å². The van der Waals surface area contributed by atoms with E-state index in [-0.39, 0.29) is 11.3 Å². The van der Waals surface area contributed by atoms with Crippen LogP contribution in [0.25, 0.3) is 0 Å². The minimum Gasteiger partial charge on any atom is -0.456 e. The molecule has 1 N–H and O–H groups in total. The van der Waals surface area contributed by atoms with Crippen molar-refractivity contribution in [2.45, 2.75) is 17.3 Å². The van der Waals surface area contributed by atoms with Crippen molar-refractivity contribution in [1.82, 2.24) is 0 Å². The van der Waals surface area contributed by atoms with Crippen molar-refractivity contribution in [2.24, 2.45) is 0 Å². The number of fused-ring (bicyclic) bond motifs is 1. The Balaban J connectivity index is 2.20. The van der Waals surface area contributed by atoms with Crippen LogP contribution >= 0.6 is 0 Å². The van der Waals surface area contributed by atoms with Gasteiger partial charge in [-0.2, -0.15) is 28.1 Å². The summed E-state index contributed by atoms with van der Waals surface area (Å²) in [6, 6.07) is 7.18. The molecule has 0 amide bonds. The van der Waals surface area contributed by atoms with Crippen molar-refractivity contribution in [3.63, 3.8) is 0 Å². The summed E-state index contributed by atoms with van der Waals surface area (Å²) in [6.45, 7) is 0. The van der Waals surface area contributed by atoms with Crippen LogP contribution in [-0.4, -0.2) is 18.9 Å². The second-order valence-corrected chi connectivity index (χ2v) is 5.78. The summed E-state index contributed by atoms with van der Waals surface area (Å²) in [7, 11) is 5.07. The maximum atomic E-state index is 14.0. The molecular weight excluding hydrogens is 370 g/mol. The normalized spacial score (nSPS) is 21.8. The van der Waals surface area contributed by atoms with Crippen LogP contribution in [-0.2, 0) is 11.4 Å². The van der Waals surface area contributed by atoms with Gasteiger partial charge in [-0.1, -0.05) is 0 Å². The Hall–Kier alpha value is -3.11. The molecule has 134 valence electrons. The van der Waals surface area contributed by atoms with Crippen molar-refractivity contribution >= 4 is 7.85 Å². The molecule has 0 aliphatic heterocycles. The van der Waals surface area contributed by atoms with Crippen molar-refractivity contribution in [1.29, 1.82) is 10.5 Å². The fraction of sp³-hybridized carbons (Fsp3) is 0.176. The van der Waals surface area contributed by atoms with E-state index in [1.807, 2.05) is 0 Å². The summed E-state index contributed by atoms with van der Waals surface area (Å²) in [5, 5.41) is 28.0. The molecule has 0 bridgehead atoms. The van der Waals surface area contributed by atoms with Gasteiger partial charge in [-0.25, -0.2) is 4.39 Å². The fourth-order valence-electron chi connectivity index (χ4n) is 2.82. The number of nitriles is 2. The molecule has 0 fully saturated rings. The molecular formula is C17H6BF5N2O2. The Labute approximate surface area is 150 Å². The standard InChI is InChI=1S/C17H6BF5N2O2/c18-15(26)14-11(7-25)13(2-1-12(14)16(20,21)17(15,22)23)27-10-4-8(6-24)3-9(19)5-10/h1-5,26H/t15-/m1/s1. The molecule has 10 heteroatoms. The molecule has 3 rings (SSSR count). The fourth-order valence-corrected chi connectivity index (χ4v) is 2.82. The van der Waals surface area contributed by atoms with Gasteiger partial charge in [-0.15, -0.1) is 0 Å². The SMILES string of the molecule is [B][C@@]1(O)c2c(ccc(Oc3cc(F)cc(C#N)c3)c2C#N)C(F)(F)C1(F)F. The van der Waals surface area contributed by atoms with E-state index in [4.69, 9.17) is 17.8 Å². The zero-order valence-electron chi connectivity index (χ0n) is 13.1. The number of hydrogen-bond acceptors (Lipinski definition) is 4. The maximum absolute atomic E-state index is 14.0. The van der Waals surface area contributed by atoms with Crippen molar-refractivity contribution in [3.05, 3.63) is 58.4 Å². The van der Waals surface area contributed by atoms with Gasteiger partial charge in [0.15, 0.2) is 0 Å². The third kappa shape index (κ3) is 2.45. The summed E-state index contributed by atoms with van der Waals surface area (Å²) < 4.78 is 74.6. The van der Waals surface area contributed by atoms with E-state index in [0.717, 1.165) is 24.3 Å². The highest BCUT2D eigenvalue weighted by Gasteiger charge is 2.74. The summed E-state index contributed by atoms with van der Waals surface area (Å²) in [4.78, 5) is 0. The van der Waals surface area contributed by atoms with Crippen molar-refractivity contribution in [3.8, 4) is 23.6 Å². The van der Waals surface area contributed by atoms with Gasteiger partial charge in [-0.05, 0) is 24.3 Å². The number of hydrogen-bond donors (Lipinski definition) is 1. The van der Waals surface area contributed by atoms with Crippen LogP contribution in [0.2, 0.25) is 0 Å². The topological polar surface area (TPSA) is 77.0 Å². The maximum Gasteiger partial charge on any atom is 0.338 e. The van der Waals surface area contributed by atoms with E-state index in [0.29, 0.717) is 6.07 Å². The Kier molecular flexibility index (Phi) is 3.94. The van der Waals surface area contributed by atoms with Gasteiger partial charge >= 0.3 is 11.8 Å². The van der Waals surface area contributed by atoms with Crippen LogP contribution in [0.4, 0.5) is 22.0 Å². The predicted octanol–water partition coefficient (Wildman–Crippen LogP) is 3.42. The van der Waals surface area contributed by atoms with Gasteiger partial charge in [0, 0.05) is 17.2 Å². The summed E-state index contributed by atoms with van der Waals surface area (Å²) in [5.74, 6) is -11.6. The zero-order chi connectivity index (χ0) is 20.2. The molecule has 2 aromatic rings. The van der Waals surface area contributed by atoms with Gasteiger partial charge in [-0.3, -0.25) is 0 Å². The van der Waals surface area contributed by atoms with Crippen LogP contribution < -0.4 is 4.74 Å². The van der Waals surface area contributed by atoms with Gasteiger partial charge in [0.25, 0.3) is 0 Å². The highest BCUT2D eigenvalue weighted by atomic mass is 19.3. The Morgan fingerprint density at radius 1 is 1.04 bits per heavy atom. The highest BCUT2D eigenvalue weighted by molar-refractivity contribution is 6.16. The molecule has 0 saturated heterocycles. The number of aliphatic hydroxyl groups is 1. The average molecular weight is 376 g/mol. The predicted molar refractivity (Wildman–Crippen MR) is 80.8 cm³/mol. The molecule has 2 radical (unpaired) electrons. The molecule has 2 aromatic carbocycles. The van der Waals surface area contributed by atoms with E-state index in [1.54, 1.807) is 6.07 Å². The average Bonchev–Trinajstić information content (AvgIpc) is 2.69. The number of ether oxygens (including phenoxy) is 1. The van der Waals surface area contributed by atoms with Crippen molar-refractivity contribution < 1.29 is 31.8 Å². The Morgan fingerprint density at radius 3 is 2.30 bits per heavy atom. The van der Waals surface area contributed by atoms with Crippen LogP contribution in [0.15, 0.2) is 30.3 Å². The quantitative estimate of drug-likeness (QED) is 0.644. The molecule has 1 atom stereocenters. The molecule has 0 unspecified atom stereocenters. The molecule has 4 nitrogen and oxygen atoms in total. The smallest absolute Gasteiger partial charge is 0.338 e. The lowest BCUT2D eigenvalue weighted by Crippen LogP contribution is -2.49. The van der Waals surface area contributed by atoms with Crippen LogP contribution in [0, 0.1) is 28.5 Å². The Morgan fingerprint density at radius 2 is 1.70 bits per heavy atom. The number of rotatable bonds is 2. The number of halogens is 5. The molecule has 0 aromatic heterocycles. The summed E-state index contributed by atoms with van der Waals surface area (Å²) in [5.41, 5.74) is -7.35. The number of alkyl halides is 4. The van der Waals surface area contributed by atoms with E-state index in [1.165, 1.54) is 6.07 Å². The first-order valence-corrected chi connectivity index (χ1v) is 7.21. The Bertz CT molecular complexity index is 1040. The van der Waals surface area contributed by atoms with Crippen LogP contribution in [0.5, 0.6) is 11.5 Å². The second kappa shape index (κ2) is 5.70. The number of benzene rings is 2. The minimum atomic E-state index is -5.08.